The second kappa shape index (κ2) is 5.82. The van der Waals surface area contributed by atoms with Crippen molar-refractivity contribution >= 4 is 11.8 Å². The molecule has 0 unspecified atom stereocenters. The van der Waals surface area contributed by atoms with Crippen molar-refractivity contribution in [2.45, 2.75) is 19.4 Å². The number of methoxy groups -OCH3 is 1. The summed E-state index contributed by atoms with van der Waals surface area (Å²) in [6.07, 6.45) is 1.59. The highest BCUT2D eigenvalue weighted by atomic mass is 16.5. The molecule has 0 aromatic carbocycles. The highest BCUT2D eigenvalue weighted by molar-refractivity contribution is 5.89. The van der Waals surface area contributed by atoms with Gasteiger partial charge in [0.2, 0.25) is 0 Å². The number of nitrogens with zero attached hydrogens (tertiary/aromatic N) is 2. The van der Waals surface area contributed by atoms with Gasteiger partial charge in [0.25, 0.3) is 0 Å². The van der Waals surface area contributed by atoms with Crippen LogP contribution in [0, 0.1) is 0 Å². The molecule has 0 fully saturated rings. The molecule has 0 saturated carbocycles. The zero-order valence-corrected chi connectivity index (χ0v) is 11.7. The monoisotopic (exact) mass is 251 g/mol. The average Bonchev–Trinajstić information content (AvgIpc) is 2.35. The van der Waals surface area contributed by atoms with Gasteiger partial charge in [0, 0.05) is 18.3 Å². The quantitative estimate of drug-likeness (QED) is 0.806. The molecule has 0 amide bonds. The van der Waals surface area contributed by atoms with Gasteiger partial charge in [-0.3, -0.25) is 0 Å². The van der Waals surface area contributed by atoms with E-state index in [-0.39, 0.29) is 11.5 Å². The average molecular weight is 251 g/mol. The van der Waals surface area contributed by atoms with Gasteiger partial charge in [-0.15, -0.1) is 0 Å². The summed E-state index contributed by atoms with van der Waals surface area (Å²) in [6, 6.07) is 3.33. The number of nitrogens with one attached hydrogen (secondary N) is 1. The lowest BCUT2D eigenvalue weighted by atomic mass is 10.0. The SMILES string of the molecule is COC(=O)c1ccnc(NCC(C)(C)N(C)C)c1. The molecule has 1 aromatic rings. The lowest BCUT2D eigenvalue weighted by Crippen LogP contribution is -2.44. The molecule has 100 valence electrons. The van der Waals surface area contributed by atoms with Crippen molar-refractivity contribution in [2.24, 2.45) is 0 Å². The molecule has 5 heteroatoms. The third-order valence-corrected chi connectivity index (χ3v) is 3.09. The number of rotatable bonds is 5. The first kappa shape index (κ1) is 14.4. The minimum Gasteiger partial charge on any atom is -0.465 e. The maximum Gasteiger partial charge on any atom is 0.338 e. The minimum atomic E-state index is -0.354. The van der Waals surface area contributed by atoms with Gasteiger partial charge in [0.15, 0.2) is 0 Å². The van der Waals surface area contributed by atoms with Crippen LogP contribution in [0.2, 0.25) is 0 Å². The van der Waals surface area contributed by atoms with E-state index in [4.69, 9.17) is 0 Å². The Hall–Kier alpha value is -1.62. The van der Waals surface area contributed by atoms with Crippen LogP contribution in [-0.4, -0.2) is 49.1 Å². The number of pyridine rings is 1. The number of anilines is 1. The van der Waals surface area contributed by atoms with E-state index in [9.17, 15) is 4.79 Å². The number of carbonyl (C=O) groups is 1. The summed E-state index contributed by atoms with van der Waals surface area (Å²) in [5.74, 6) is 0.320. The molecule has 0 aliphatic rings. The van der Waals surface area contributed by atoms with Gasteiger partial charge in [0.1, 0.15) is 5.82 Å². The van der Waals surface area contributed by atoms with Crippen molar-refractivity contribution < 1.29 is 9.53 Å². The van der Waals surface area contributed by atoms with E-state index in [1.165, 1.54) is 7.11 Å². The van der Waals surface area contributed by atoms with E-state index in [1.807, 2.05) is 14.1 Å². The highest BCUT2D eigenvalue weighted by Gasteiger charge is 2.20. The molecular weight excluding hydrogens is 230 g/mol. The van der Waals surface area contributed by atoms with Gasteiger partial charge in [-0.1, -0.05) is 0 Å². The van der Waals surface area contributed by atoms with Crippen LogP contribution in [0.1, 0.15) is 24.2 Å². The summed E-state index contributed by atoms with van der Waals surface area (Å²) < 4.78 is 4.67. The van der Waals surface area contributed by atoms with Crippen LogP contribution in [0.15, 0.2) is 18.3 Å². The van der Waals surface area contributed by atoms with Gasteiger partial charge in [-0.05, 0) is 40.1 Å². The van der Waals surface area contributed by atoms with Gasteiger partial charge in [-0.2, -0.15) is 0 Å². The topological polar surface area (TPSA) is 54.5 Å². The summed E-state index contributed by atoms with van der Waals surface area (Å²) in [6.45, 7) is 4.99. The van der Waals surface area contributed by atoms with E-state index in [0.29, 0.717) is 11.4 Å². The van der Waals surface area contributed by atoms with Crippen molar-refractivity contribution in [1.82, 2.24) is 9.88 Å². The van der Waals surface area contributed by atoms with Crippen molar-refractivity contribution in [3.05, 3.63) is 23.9 Å². The Balaban J connectivity index is 2.72. The van der Waals surface area contributed by atoms with E-state index < -0.39 is 0 Å². The van der Waals surface area contributed by atoms with Crippen LogP contribution in [-0.2, 0) is 4.74 Å². The predicted molar refractivity (Wildman–Crippen MR) is 71.8 cm³/mol. The fourth-order valence-electron chi connectivity index (χ4n) is 1.24. The van der Waals surface area contributed by atoms with Gasteiger partial charge >= 0.3 is 5.97 Å². The number of aromatic nitrogens is 1. The fraction of sp³-hybridized carbons (Fsp3) is 0.538. The summed E-state index contributed by atoms with van der Waals surface area (Å²) in [5, 5.41) is 3.23. The number of carbonyl (C=O) groups excluding carboxylic acids is 1. The Morgan fingerprint density at radius 2 is 2.17 bits per heavy atom. The van der Waals surface area contributed by atoms with E-state index in [2.05, 4.69) is 33.8 Å². The van der Waals surface area contributed by atoms with Crippen LogP contribution in [0.4, 0.5) is 5.82 Å². The number of likely N-dealkylation sites (N-methyl/N-ethyl adjacent to an activating group) is 1. The standard InChI is InChI=1S/C13H21N3O2/c1-13(2,16(3)4)9-15-11-8-10(6-7-14-11)12(17)18-5/h6-8H,9H2,1-5H3,(H,14,15). The molecule has 1 N–H and O–H groups in total. The lowest BCUT2D eigenvalue weighted by molar-refractivity contribution is 0.0600. The first-order chi connectivity index (χ1) is 8.36. The molecule has 1 heterocycles. The first-order valence-electron chi connectivity index (χ1n) is 5.82. The second-order valence-corrected chi connectivity index (χ2v) is 4.98. The molecule has 0 saturated heterocycles. The summed E-state index contributed by atoms with van der Waals surface area (Å²) in [4.78, 5) is 17.7. The molecule has 1 rings (SSSR count). The minimum absolute atomic E-state index is 0.00293. The zero-order chi connectivity index (χ0) is 13.8. The van der Waals surface area contributed by atoms with Gasteiger partial charge in [0.05, 0.1) is 12.7 Å². The van der Waals surface area contributed by atoms with Crippen molar-refractivity contribution in [1.29, 1.82) is 0 Å². The normalized spacial score (nSPS) is 11.4. The Bertz CT molecular complexity index is 416. The van der Waals surface area contributed by atoms with Gasteiger partial charge in [-0.25, -0.2) is 9.78 Å². The highest BCUT2D eigenvalue weighted by Crippen LogP contribution is 2.13. The van der Waals surface area contributed by atoms with Crippen molar-refractivity contribution in [3.8, 4) is 0 Å². The van der Waals surface area contributed by atoms with Crippen molar-refractivity contribution in [3.63, 3.8) is 0 Å². The van der Waals surface area contributed by atoms with E-state index in [1.54, 1.807) is 18.3 Å². The van der Waals surface area contributed by atoms with E-state index >= 15 is 0 Å². The largest absolute Gasteiger partial charge is 0.465 e. The zero-order valence-electron chi connectivity index (χ0n) is 11.7. The third-order valence-electron chi connectivity index (χ3n) is 3.09. The maximum absolute atomic E-state index is 11.4. The predicted octanol–water partition coefficient (Wildman–Crippen LogP) is 1.62. The Morgan fingerprint density at radius 3 is 2.72 bits per heavy atom. The second-order valence-electron chi connectivity index (χ2n) is 4.98. The molecule has 1 aromatic heterocycles. The molecule has 0 aliphatic carbocycles. The van der Waals surface area contributed by atoms with Crippen molar-refractivity contribution in [2.75, 3.05) is 33.1 Å². The number of esters is 1. The third kappa shape index (κ3) is 3.70. The number of ether oxygens (including phenoxy) is 1. The molecule has 0 bridgehead atoms. The molecule has 0 radical (unpaired) electrons. The number of hydrogen-bond donors (Lipinski definition) is 1. The number of hydrogen-bond acceptors (Lipinski definition) is 5. The maximum atomic E-state index is 11.4. The van der Waals surface area contributed by atoms with Crippen LogP contribution in [0.25, 0.3) is 0 Å². The van der Waals surface area contributed by atoms with Crippen LogP contribution in [0.5, 0.6) is 0 Å². The molecule has 5 nitrogen and oxygen atoms in total. The molecule has 18 heavy (non-hydrogen) atoms. The Labute approximate surface area is 108 Å². The molecule has 0 atom stereocenters. The lowest BCUT2D eigenvalue weighted by Gasteiger charge is -2.32. The smallest absolute Gasteiger partial charge is 0.338 e. The summed E-state index contributed by atoms with van der Waals surface area (Å²) in [7, 11) is 5.42. The Kier molecular flexibility index (Phi) is 4.67. The molecule has 0 aliphatic heterocycles. The van der Waals surface area contributed by atoms with Crippen LogP contribution in [0.3, 0.4) is 0 Å². The summed E-state index contributed by atoms with van der Waals surface area (Å²) >= 11 is 0. The van der Waals surface area contributed by atoms with Crippen LogP contribution < -0.4 is 5.32 Å². The Morgan fingerprint density at radius 1 is 1.50 bits per heavy atom. The van der Waals surface area contributed by atoms with Gasteiger partial charge < -0.3 is 15.0 Å². The molecular formula is C13H21N3O2. The first-order valence-corrected chi connectivity index (χ1v) is 5.82. The van der Waals surface area contributed by atoms with Crippen LogP contribution >= 0.6 is 0 Å². The molecule has 0 spiro atoms. The summed E-state index contributed by atoms with van der Waals surface area (Å²) in [5.41, 5.74) is 0.501. The fourth-order valence-corrected chi connectivity index (χ4v) is 1.24. The van der Waals surface area contributed by atoms with E-state index in [0.717, 1.165) is 6.54 Å².